The molecule has 2 aliphatic rings. The molecule has 224 valence electrons. The smallest absolute Gasteiger partial charge is 0.318 e. The molecular weight excluding hydrogens is 552 g/mol. The minimum absolute atomic E-state index is 0.00746. The molecule has 11 nitrogen and oxygen atoms in total. The van der Waals surface area contributed by atoms with Gasteiger partial charge in [-0.1, -0.05) is 12.1 Å². The SMILES string of the molecule is CCc1conc1C(=O)N[C@H](C(=O)Nc1cc([C@@H](COC)N2CC(F)(F)CNC2=O)ccn1)C1CCC(F)(F)CC1. The Bertz CT molecular complexity index is 1250. The van der Waals surface area contributed by atoms with Gasteiger partial charge in [-0.2, -0.15) is 0 Å². The number of nitrogens with one attached hydrogen (secondary N) is 3. The zero-order valence-corrected chi connectivity index (χ0v) is 22.6. The van der Waals surface area contributed by atoms with Crippen molar-refractivity contribution in [1.29, 1.82) is 0 Å². The van der Waals surface area contributed by atoms with E-state index in [-0.39, 0.29) is 31.0 Å². The molecule has 2 fully saturated rings. The van der Waals surface area contributed by atoms with E-state index in [2.05, 4.69) is 26.1 Å². The van der Waals surface area contributed by atoms with Gasteiger partial charge in [0.25, 0.3) is 11.8 Å². The number of carbonyl (C=O) groups excluding carboxylic acids is 3. The standard InChI is InChI=1S/C26H32F4N6O5/c1-3-15-11-41-35-21(15)23(38)34-20(16-4-7-25(27,28)8-5-16)22(37)33-19-10-17(6-9-31-19)18(12-40-2)36-14-26(29,30)13-32-24(36)39/h6,9-11,16,18,20H,3-5,7-8,12-14H2,1-2H3,(H,32,39)(H,34,38)(H,31,33,37)/t18-,20+/m1/s1. The molecule has 3 heterocycles. The van der Waals surface area contributed by atoms with Crippen molar-refractivity contribution in [2.75, 3.05) is 32.1 Å². The average molecular weight is 585 g/mol. The summed E-state index contributed by atoms with van der Waals surface area (Å²) in [5.74, 6) is -7.99. The van der Waals surface area contributed by atoms with Crippen molar-refractivity contribution >= 4 is 23.7 Å². The van der Waals surface area contributed by atoms with E-state index in [0.717, 1.165) is 4.90 Å². The number of aromatic nitrogens is 2. The Balaban J connectivity index is 1.56. The second kappa shape index (κ2) is 12.4. The van der Waals surface area contributed by atoms with Gasteiger partial charge in [0.1, 0.15) is 18.1 Å². The van der Waals surface area contributed by atoms with Crippen molar-refractivity contribution in [3.05, 3.63) is 41.4 Å². The summed E-state index contributed by atoms with van der Waals surface area (Å²) < 4.78 is 66.0. The van der Waals surface area contributed by atoms with E-state index in [1.807, 2.05) is 0 Å². The first-order valence-electron chi connectivity index (χ1n) is 13.2. The van der Waals surface area contributed by atoms with Gasteiger partial charge in [-0.25, -0.2) is 27.3 Å². The number of pyridine rings is 1. The molecule has 1 aliphatic heterocycles. The van der Waals surface area contributed by atoms with Crippen molar-refractivity contribution < 1.29 is 41.2 Å². The van der Waals surface area contributed by atoms with Crippen LogP contribution >= 0.6 is 0 Å². The lowest BCUT2D eigenvalue weighted by Gasteiger charge is -2.38. The molecular formula is C26H32F4N6O5. The number of methoxy groups -OCH3 is 1. The highest BCUT2D eigenvalue weighted by molar-refractivity contribution is 6.00. The van der Waals surface area contributed by atoms with E-state index in [1.54, 1.807) is 6.92 Å². The maximum atomic E-state index is 14.1. The van der Waals surface area contributed by atoms with Crippen LogP contribution in [0.15, 0.2) is 29.1 Å². The molecule has 0 bridgehead atoms. The molecule has 41 heavy (non-hydrogen) atoms. The third kappa shape index (κ3) is 7.31. The number of hydrogen-bond acceptors (Lipinski definition) is 7. The quantitative estimate of drug-likeness (QED) is 0.363. The highest BCUT2D eigenvalue weighted by Gasteiger charge is 2.43. The van der Waals surface area contributed by atoms with Gasteiger partial charge in [0.05, 0.1) is 25.7 Å². The molecule has 2 atom stereocenters. The molecule has 0 radical (unpaired) electrons. The number of halogens is 4. The highest BCUT2D eigenvalue weighted by atomic mass is 19.3. The summed E-state index contributed by atoms with van der Waals surface area (Å²) in [6.45, 7) is 0.0568. The monoisotopic (exact) mass is 584 g/mol. The lowest BCUT2D eigenvalue weighted by molar-refractivity contribution is -0.121. The molecule has 4 amide bonds. The first-order valence-corrected chi connectivity index (χ1v) is 13.2. The minimum atomic E-state index is -3.16. The van der Waals surface area contributed by atoms with Crippen LogP contribution in [0.25, 0.3) is 0 Å². The van der Waals surface area contributed by atoms with Crippen molar-refractivity contribution in [3.8, 4) is 0 Å². The Morgan fingerprint density at radius 1 is 1.24 bits per heavy atom. The van der Waals surface area contributed by atoms with Gasteiger partial charge in [0.15, 0.2) is 5.69 Å². The largest absolute Gasteiger partial charge is 0.382 e. The van der Waals surface area contributed by atoms with E-state index >= 15 is 0 Å². The first kappa shape index (κ1) is 30.2. The zero-order valence-electron chi connectivity index (χ0n) is 22.6. The van der Waals surface area contributed by atoms with Crippen LogP contribution in [-0.2, 0) is 16.0 Å². The number of anilines is 1. The highest BCUT2D eigenvalue weighted by Crippen LogP contribution is 2.38. The van der Waals surface area contributed by atoms with E-state index in [0.29, 0.717) is 17.5 Å². The maximum absolute atomic E-state index is 14.1. The second-order valence-electron chi connectivity index (χ2n) is 10.3. The van der Waals surface area contributed by atoms with Crippen LogP contribution < -0.4 is 16.0 Å². The average Bonchev–Trinajstić information content (AvgIpc) is 3.41. The fourth-order valence-corrected chi connectivity index (χ4v) is 5.08. The van der Waals surface area contributed by atoms with Gasteiger partial charge < -0.3 is 30.1 Å². The number of aryl methyl sites for hydroxylation is 1. The molecule has 0 unspecified atom stereocenters. The van der Waals surface area contributed by atoms with Gasteiger partial charge in [-0.3, -0.25) is 9.59 Å². The summed E-state index contributed by atoms with van der Waals surface area (Å²) >= 11 is 0. The summed E-state index contributed by atoms with van der Waals surface area (Å²) in [4.78, 5) is 44.0. The number of ether oxygens (including phenoxy) is 1. The van der Waals surface area contributed by atoms with Crippen molar-refractivity contribution in [3.63, 3.8) is 0 Å². The van der Waals surface area contributed by atoms with Crippen molar-refractivity contribution in [2.24, 2.45) is 5.92 Å². The summed E-state index contributed by atoms with van der Waals surface area (Å²) in [5.41, 5.74) is 0.867. The summed E-state index contributed by atoms with van der Waals surface area (Å²) in [6, 6.07) is 0.0741. The Labute approximate surface area is 233 Å². The van der Waals surface area contributed by atoms with E-state index < -0.39 is 73.6 Å². The molecule has 0 spiro atoms. The van der Waals surface area contributed by atoms with E-state index in [9.17, 15) is 31.9 Å². The van der Waals surface area contributed by atoms with E-state index in [4.69, 9.17) is 9.26 Å². The normalized spacial score (nSPS) is 20.1. The fraction of sp³-hybridized carbons (Fsp3) is 0.577. The molecule has 1 saturated heterocycles. The molecule has 0 aromatic carbocycles. The van der Waals surface area contributed by atoms with Crippen molar-refractivity contribution in [2.45, 2.75) is 63.0 Å². The number of nitrogens with zero attached hydrogens (tertiary/aromatic N) is 3. The number of amides is 4. The number of rotatable bonds is 10. The Morgan fingerprint density at radius 2 is 1.98 bits per heavy atom. The number of urea groups is 1. The number of carbonyl (C=O) groups is 3. The Morgan fingerprint density at radius 3 is 2.66 bits per heavy atom. The molecule has 4 rings (SSSR count). The fourth-order valence-electron chi connectivity index (χ4n) is 5.08. The molecule has 15 heteroatoms. The Hall–Kier alpha value is -3.75. The van der Waals surface area contributed by atoms with E-state index in [1.165, 1.54) is 31.7 Å². The molecule has 2 aromatic rings. The van der Waals surface area contributed by atoms with Gasteiger partial charge in [0, 0.05) is 31.7 Å². The predicted molar refractivity (Wildman–Crippen MR) is 137 cm³/mol. The van der Waals surface area contributed by atoms with Crippen LogP contribution in [0, 0.1) is 5.92 Å². The number of alkyl halides is 4. The summed E-state index contributed by atoms with van der Waals surface area (Å²) in [6.07, 6.45) is 2.20. The topological polar surface area (TPSA) is 139 Å². The van der Waals surface area contributed by atoms with Crippen LogP contribution in [0.1, 0.15) is 60.3 Å². The van der Waals surface area contributed by atoms with Crippen LogP contribution in [0.3, 0.4) is 0 Å². The minimum Gasteiger partial charge on any atom is -0.382 e. The zero-order chi connectivity index (χ0) is 29.8. The lowest BCUT2D eigenvalue weighted by atomic mass is 9.81. The third-order valence-corrected chi connectivity index (χ3v) is 7.32. The van der Waals surface area contributed by atoms with Crippen molar-refractivity contribution in [1.82, 2.24) is 25.7 Å². The Kier molecular flexibility index (Phi) is 9.14. The van der Waals surface area contributed by atoms with Crippen LogP contribution in [0.2, 0.25) is 0 Å². The lowest BCUT2D eigenvalue weighted by Crippen LogP contribution is -2.58. The first-order chi connectivity index (χ1) is 19.4. The van der Waals surface area contributed by atoms with Crippen LogP contribution in [-0.4, -0.2) is 77.6 Å². The molecule has 1 aliphatic carbocycles. The van der Waals surface area contributed by atoms with Gasteiger partial charge >= 0.3 is 6.03 Å². The molecule has 1 saturated carbocycles. The summed E-state index contributed by atoms with van der Waals surface area (Å²) in [5, 5.41) is 11.1. The third-order valence-electron chi connectivity index (χ3n) is 7.32. The molecule has 2 aromatic heterocycles. The summed E-state index contributed by atoms with van der Waals surface area (Å²) in [7, 11) is 1.36. The van der Waals surface area contributed by atoms with Gasteiger partial charge in [-0.15, -0.1) is 0 Å². The van der Waals surface area contributed by atoms with Gasteiger partial charge in [-0.05, 0) is 42.9 Å². The van der Waals surface area contributed by atoms with Crippen LogP contribution in [0.4, 0.5) is 28.2 Å². The second-order valence-corrected chi connectivity index (χ2v) is 10.3. The maximum Gasteiger partial charge on any atom is 0.318 e. The van der Waals surface area contributed by atoms with Crippen LogP contribution in [0.5, 0.6) is 0 Å². The number of hydrogen-bond donors (Lipinski definition) is 3. The predicted octanol–water partition coefficient (Wildman–Crippen LogP) is 3.54. The van der Waals surface area contributed by atoms with Gasteiger partial charge in [0.2, 0.25) is 11.8 Å². The molecule has 3 N–H and O–H groups in total.